The van der Waals surface area contributed by atoms with Gasteiger partial charge in [-0.25, -0.2) is 0 Å². The number of carbonyl (C=O) groups is 2. The van der Waals surface area contributed by atoms with Crippen LogP contribution in [0.15, 0.2) is 51.5 Å². The number of anilines is 1. The molecule has 8 nitrogen and oxygen atoms in total. The van der Waals surface area contributed by atoms with E-state index in [0.717, 1.165) is 28.2 Å². The summed E-state index contributed by atoms with van der Waals surface area (Å²) in [7, 11) is 0. The van der Waals surface area contributed by atoms with Crippen LogP contribution in [-0.2, 0) is 4.79 Å². The number of nitrogens with one attached hydrogen (secondary N) is 2. The zero-order valence-corrected chi connectivity index (χ0v) is 16.3. The van der Waals surface area contributed by atoms with Crippen molar-refractivity contribution in [3.8, 4) is 11.5 Å². The molecule has 142 valence electrons. The number of hydrogen-bond acceptors (Lipinski definition) is 7. The normalized spacial score (nSPS) is 12.2. The summed E-state index contributed by atoms with van der Waals surface area (Å²) in [6.07, 6.45) is 1.81. The van der Waals surface area contributed by atoms with Crippen LogP contribution in [0.5, 0.6) is 0 Å². The summed E-state index contributed by atoms with van der Waals surface area (Å²) in [5, 5.41) is 13.7. The van der Waals surface area contributed by atoms with Crippen molar-refractivity contribution in [2.45, 2.75) is 17.4 Å². The second kappa shape index (κ2) is 7.49. The lowest BCUT2D eigenvalue weighted by molar-refractivity contribution is -0.115. The number of rotatable bonds is 6. The smallest absolute Gasteiger partial charge is 0.277 e. The molecule has 4 N–H and O–H groups in total. The van der Waals surface area contributed by atoms with Gasteiger partial charge in [-0.3, -0.25) is 9.59 Å². The van der Waals surface area contributed by atoms with Crippen LogP contribution in [-0.4, -0.2) is 32.2 Å². The van der Waals surface area contributed by atoms with E-state index >= 15 is 0 Å². The van der Waals surface area contributed by atoms with Crippen molar-refractivity contribution in [1.29, 1.82) is 0 Å². The van der Waals surface area contributed by atoms with Crippen molar-refractivity contribution in [1.82, 2.24) is 15.2 Å². The zero-order valence-electron chi connectivity index (χ0n) is 14.6. The Morgan fingerprint density at radius 1 is 1.29 bits per heavy atom. The maximum Gasteiger partial charge on any atom is 0.277 e. The average molecular weight is 413 g/mol. The van der Waals surface area contributed by atoms with E-state index in [1.54, 1.807) is 18.4 Å². The number of thiophene rings is 1. The summed E-state index contributed by atoms with van der Waals surface area (Å²) in [5.74, 6) is -0.499. The molecule has 28 heavy (non-hydrogen) atoms. The van der Waals surface area contributed by atoms with Gasteiger partial charge in [-0.05, 0) is 24.4 Å². The van der Waals surface area contributed by atoms with E-state index < -0.39 is 11.2 Å². The lowest BCUT2D eigenvalue weighted by Crippen LogP contribution is -2.23. The molecule has 0 spiro atoms. The third-order valence-corrected chi connectivity index (χ3v) is 5.80. The number of nitrogens with zero attached hydrogens (tertiary/aromatic N) is 2. The van der Waals surface area contributed by atoms with E-state index in [4.69, 9.17) is 10.2 Å². The zero-order chi connectivity index (χ0) is 19.7. The van der Waals surface area contributed by atoms with Gasteiger partial charge in [0.15, 0.2) is 0 Å². The Bertz CT molecular complexity index is 1160. The van der Waals surface area contributed by atoms with Gasteiger partial charge >= 0.3 is 0 Å². The second-order valence-electron chi connectivity index (χ2n) is 5.90. The van der Waals surface area contributed by atoms with Crippen molar-refractivity contribution in [2.24, 2.45) is 5.73 Å². The molecule has 4 aromatic rings. The predicted molar refractivity (Wildman–Crippen MR) is 108 cm³/mol. The lowest BCUT2D eigenvalue weighted by Gasteiger charge is -2.09. The molecule has 1 atom stereocenters. The van der Waals surface area contributed by atoms with Gasteiger partial charge in [-0.2, -0.15) is 0 Å². The van der Waals surface area contributed by atoms with Gasteiger partial charge < -0.3 is 20.5 Å². The monoisotopic (exact) mass is 413 g/mol. The van der Waals surface area contributed by atoms with Crippen LogP contribution in [0.3, 0.4) is 0 Å². The van der Waals surface area contributed by atoms with Crippen molar-refractivity contribution < 1.29 is 14.0 Å². The number of primary amides is 1. The number of thioether (sulfide) groups is 1. The molecule has 3 aromatic heterocycles. The van der Waals surface area contributed by atoms with Gasteiger partial charge in [0.2, 0.25) is 5.91 Å². The Labute approximate surface area is 167 Å². The first-order valence-electron chi connectivity index (χ1n) is 8.27. The Hall–Kier alpha value is -3.11. The van der Waals surface area contributed by atoms with Gasteiger partial charge in [-0.15, -0.1) is 21.5 Å². The van der Waals surface area contributed by atoms with Crippen LogP contribution < -0.4 is 11.1 Å². The number of aromatic amines is 1. The molecular weight excluding hydrogens is 398 g/mol. The topological polar surface area (TPSA) is 127 Å². The van der Waals surface area contributed by atoms with Crippen molar-refractivity contribution in [2.75, 3.05) is 5.32 Å². The summed E-state index contributed by atoms with van der Waals surface area (Å²) in [6.45, 7) is 1.72. The van der Waals surface area contributed by atoms with Crippen LogP contribution in [0, 0.1) is 0 Å². The number of nitrogens with two attached hydrogens (primary N) is 1. The fraction of sp³-hybridized carbons (Fsp3) is 0.111. The molecule has 0 aliphatic heterocycles. The molecular formula is C18H15N5O3S2. The number of aromatic nitrogens is 3. The molecule has 0 saturated carbocycles. The fourth-order valence-electron chi connectivity index (χ4n) is 2.63. The Morgan fingerprint density at radius 2 is 2.11 bits per heavy atom. The first kappa shape index (κ1) is 18.3. The van der Waals surface area contributed by atoms with Crippen LogP contribution in [0.1, 0.15) is 17.3 Å². The Morgan fingerprint density at radius 3 is 2.93 bits per heavy atom. The number of carbonyl (C=O) groups excluding carboxylic acids is 2. The fourth-order valence-corrected chi connectivity index (χ4v) is 4.11. The molecule has 10 heteroatoms. The summed E-state index contributed by atoms with van der Waals surface area (Å²) in [6, 6.07) is 9.37. The van der Waals surface area contributed by atoms with Crippen molar-refractivity contribution >= 4 is 50.8 Å². The molecule has 0 saturated heterocycles. The van der Waals surface area contributed by atoms with Gasteiger partial charge in [0.05, 0.1) is 16.4 Å². The number of amides is 2. The molecule has 0 fully saturated rings. The highest BCUT2D eigenvalue weighted by molar-refractivity contribution is 8.00. The number of benzene rings is 1. The molecule has 4 rings (SSSR count). The lowest BCUT2D eigenvalue weighted by atomic mass is 10.2. The van der Waals surface area contributed by atoms with E-state index in [2.05, 4.69) is 20.5 Å². The maximum atomic E-state index is 12.4. The highest BCUT2D eigenvalue weighted by atomic mass is 32.2. The molecule has 0 aliphatic rings. The SMILES string of the molecule is C[C@@H](Sc1nnc(-c2c[nH]c3ccccc23)o1)C(=O)Nc1sccc1C(N)=O. The number of H-pyrrole nitrogens is 1. The van der Waals surface area contributed by atoms with Gasteiger partial charge in [0, 0.05) is 17.1 Å². The van der Waals surface area contributed by atoms with Gasteiger partial charge in [-0.1, -0.05) is 30.0 Å². The predicted octanol–water partition coefficient (Wildman–Crippen LogP) is 3.50. The molecule has 2 amide bonds. The van der Waals surface area contributed by atoms with Crippen LogP contribution >= 0.6 is 23.1 Å². The van der Waals surface area contributed by atoms with Crippen LogP contribution in [0.25, 0.3) is 22.4 Å². The molecule has 1 aromatic carbocycles. The average Bonchev–Trinajstić information content (AvgIpc) is 3.40. The number of para-hydroxylation sites is 1. The van der Waals surface area contributed by atoms with E-state index in [-0.39, 0.29) is 16.7 Å². The minimum atomic E-state index is -0.586. The first-order chi connectivity index (χ1) is 13.5. The minimum absolute atomic E-state index is 0.282. The quantitative estimate of drug-likeness (QED) is 0.415. The van der Waals surface area contributed by atoms with E-state index in [9.17, 15) is 9.59 Å². The molecule has 0 unspecified atom stereocenters. The van der Waals surface area contributed by atoms with Crippen LogP contribution in [0.4, 0.5) is 5.00 Å². The summed E-state index contributed by atoms with van der Waals surface area (Å²) in [4.78, 5) is 27.0. The molecule has 0 bridgehead atoms. The first-order valence-corrected chi connectivity index (χ1v) is 10.0. The highest BCUT2D eigenvalue weighted by Crippen LogP contribution is 2.31. The van der Waals surface area contributed by atoms with Crippen LogP contribution in [0.2, 0.25) is 0 Å². The third-order valence-electron chi connectivity index (χ3n) is 4.04. The molecule has 0 aliphatic carbocycles. The molecule has 3 heterocycles. The number of fused-ring (bicyclic) bond motifs is 1. The van der Waals surface area contributed by atoms with Gasteiger partial charge in [0.1, 0.15) is 5.00 Å². The molecule has 0 radical (unpaired) electrons. The summed E-state index contributed by atoms with van der Waals surface area (Å²) < 4.78 is 5.72. The Kier molecular flexibility index (Phi) is 4.88. The summed E-state index contributed by atoms with van der Waals surface area (Å²) in [5.41, 5.74) is 7.36. The second-order valence-corrected chi connectivity index (χ2v) is 8.11. The van der Waals surface area contributed by atoms with E-state index in [1.807, 2.05) is 30.5 Å². The summed E-state index contributed by atoms with van der Waals surface area (Å²) >= 11 is 2.37. The minimum Gasteiger partial charge on any atom is -0.411 e. The van der Waals surface area contributed by atoms with E-state index in [1.165, 1.54) is 11.3 Å². The Balaban J connectivity index is 1.47. The van der Waals surface area contributed by atoms with Crippen molar-refractivity contribution in [3.05, 3.63) is 47.5 Å². The largest absolute Gasteiger partial charge is 0.411 e. The maximum absolute atomic E-state index is 12.4. The van der Waals surface area contributed by atoms with E-state index in [0.29, 0.717) is 10.9 Å². The van der Waals surface area contributed by atoms with Crippen molar-refractivity contribution in [3.63, 3.8) is 0 Å². The highest BCUT2D eigenvalue weighted by Gasteiger charge is 2.21. The number of hydrogen-bond donors (Lipinski definition) is 3. The standard InChI is InChI=1S/C18H15N5O3S2/c1-9(15(25)21-17-11(14(19)24)6-7-27-17)28-18-23-22-16(26-18)12-8-20-13-5-3-2-4-10(12)13/h2-9,20H,1H3,(H2,19,24)(H,21,25)/t9-/m1/s1. The van der Waals surface area contributed by atoms with Gasteiger partial charge in [0.25, 0.3) is 17.0 Å². The third kappa shape index (κ3) is 3.51.